The highest BCUT2D eigenvalue weighted by atomic mass is 16.6. The molecule has 24 heavy (non-hydrogen) atoms. The van der Waals surface area contributed by atoms with E-state index < -0.39 is 10.5 Å². The second-order valence-corrected chi connectivity index (χ2v) is 7.69. The Morgan fingerprint density at radius 1 is 1.33 bits per heavy atom. The minimum Gasteiger partial charge on any atom is -0.364 e. The number of non-ortho nitro benzene ring substituents is 1. The zero-order valence-electron chi connectivity index (χ0n) is 13.8. The van der Waals surface area contributed by atoms with Gasteiger partial charge in [-0.05, 0) is 37.3 Å². The largest absolute Gasteiger partial charge is 0.364 e. The van der Waals surface area contributed by atoms with Gasteiger partial charge in [-0.3, -0.25) is 25.8 Å². The van der Waals surface area contributed by atoms with E-state index in [-0.39, 0.29) is 22.4 Å². The van der Waals surface area contributed by atoms with Crippen molar-refractivity contribution in [3.05, 3.63) is 34.4 Å². The third-order valence-electron chi connectivity index (χ3n) is 6.96. The van der Waals surface area contributed by atoms with E-state index in [1.165, 1.54) is 18.6 Å². The molecule has 128 valence electrons. The molecule has 4 bridgehead atoms. The average molecular weight is 331 g/mol. The number of nitrogens with zero attached hydrogens (tertiary/aromatic N) is 1. The van der Waals surface area contributed by atoms with E-state index in [9.17, 15) is 14.9 Å². The molecule has 0 unspecified atom stereocenters. The number of amides is 1. The zero-order valence-corrected chi connectivity index (χ0v) is 13.8. The molecule has 0 radical (unpaired) electrons. The van der Waals surface area contributed by atoms with Crippen LogP contribution in [0.2, 0.25) is 0 Å². The molecule has 3 fully saturated rings. The van der Waals surface area contributed by atoms with Crippen molar-refractivity contribution in [2.75, 3.05) is 12.0 Å². The Labute approximate surface area is 139 Å². The molecule has 4 rings (SSSR count). The minimum atomic E-state index is -0.765. The van der Waals surface area contributed by atoms with E-state index in [0.717, 1.165) is 12.8 Å². The van der Waals surface area contributed by atoms with Crippen LogP contribution in [0.3, 0.4) is 0 Å². The summed E-state index contributed by atoms with van der Waals surface area (Å²) in [6.07, 6.45) is 2.95. The summed E-state index contributed by atoms with van der Waals surface area (Å²) in [6, 6.07) is 5.93. The van der Waals surface area contributed by atoms with Crippen molar-refractivity contribution in [1.29, 1.82) is 0 Å². The number of nitrogens with one attached hydrogen (secondary N) is 2. The number of nitro benzene ring substituents is 1. The van der Waals surface area contributed by atoms with Gasteiger partial charge in [-0.25, -0.2) is 0 Å². The quantitative estimate of drug-likeness (QED) is 0.653. The molecular weight excluding hydrogens is 310 g/mol. The summed E-state index contributed by atoms with van der Waals surface area (Å²) in [6.45, 7) is 5.06. The van der Waals surface area contributed by atoms with Gasteiger partial charge in [0.15, 0.2) is 5.60 Å². The molecule has 2 aliphatic carbocycles. The summed E-state index contributed by atoms with van der Waals surface area (Å²) in [5.41, 5.74) is 5.40. The molecule has 4 atom stereocenters. The van der Waals surface area contributed by atoms with Crippen LogP contribution in [0.15, 0.2) is 24.3 Å². The number of hydrogen-bond donors (Lipinski definition) is 2. The third-order valence-corrected chi connectivity index (χ3v) is 6.96. The number of nitro groups is 1. The van der Waals surface area contributed by atoms with Crippen molar-refractivity contribution in [3.63, 3.8) is 0 Å². The normalized spacial score (nSPS) is 39.0. The first kappa shape index (κ1) is 15.4. The highest BCUT2D eigenvalue weighted by molar-refractivity contribution is 5.89. The number of rotatable bonds is 4. The van der Waals surface area contributed by atoms with Crippen LogP contribution in [-0.2, 0) is 9.53 Å². The Morgan fingerprint density at radius 3 is 2.62 bits per heavy atom. The first-order chi connectivity index (χ1) is 11.3. The molecule has 1 heterocycles. The second kappa shape index (κ2) is 4.69. The summed E-state index contributed by atoms with van der Waals surface area (Å²) in [4.78, 5) is 23.1. The van der Waals surface area contributed by atoms with Gasteiger partial charge in [0, 0.05) is 23.0 Å². The maximum atomic E-state index is 12.9. The summed E-state index contributed by atoms with van der Waals surface area (Å²) >= 11 is 0. The summed E-state index contributed by atoms with van der Waals surface area (Å²) in [5.74, 6) is 0.399. The van der Waals surface area contributed by atoms with Crippen LogP contribution in [0.4, 0.5) is 11.4 Å². The number of benzene rings is 1. The van der Waals surface area contributed by atoms with E-state index in [2.05, 4.69) is 24.7 Å². The van der Waals surface area contributed by atoms with Gasteiger partial charge in [0.2, 0.25) is 0 Å². The fraction of sp³-hybridized carbons (Fsp3) is 0.588. The van der Waals surface area contributed by atoms with Crippen molar-refractivity contribution in [3.8, 4) is 0 Å². The van der Waals surface area contributed by atoms with Gasteiger partial charge >= 0.3 is 0 Å². The Hall–Kier alpha value is -2.15. The molecule has 1 aromatic carbocycles. The second-order valence-electron chi connectivity index (χ2n) is 7.69. The summed E-state index contributed by atoms with van der Waals surface area (Å²) in [7, 11) is 0. The average Bonchev–Trinajstić information content (AvgIpc) is 3.04. The van der Waals surface area contributed by atoms with Crippen LogP contribution in [0.5, 0.6) is 0 Å². The van der Waals surface area contributed by atoms with Crippen molar-refractivity contribution >= 4 is 17.3 Å². The molecule has 1 aliphatic heterocycles. The van der Waals surface area contributed by atoms with Crippen molar-refractivity contribution in [1.82, 2.24) is 5.43 Å². The highest BCUT2D eigenvalue weighted by Gasteiger charge is 2.78. The van der Waals surface area contributed by atoms with Gasteiger partial charge in [-0.15, -0.1) is 0 Å². The van der Waals surface area contributed by atoms with Crippen molar-refractivity contribution in [2.45, 2.75) is 38.7 Å². The molecule has 1 amide bonds. The summed E-state index contributed by atoms with van der Waals surface area (Å²) in [5, 5.41) is 10.7. The highest BCUT2D eigenvalue weighted by Crippen LogP contribution is 2.74. The SMILES string of the molecule is C[C@@]12CC[C@@H]3C[C@@]1(C(=O)NNc1ccc([N+](=O)[O-])cc1)OC[C@@]32C. The van der Waals surface area contributed by atoms with E-state index in [1.54, 1.807) is 12.1 Å². The Kier molecular flexibility index (Phi) is 3.01. The number of carbonyl (C=O) groups is 1. The lowest BCUT2D eigenvalue weighted by atomic mass is 9.66. The van der Waals surface area contributed by atoms with Crippen molar-refractivity contribution < 1.29 is 14.5 Å². The van der Waals surface area contributed by atoms with Gasteiger partial charge < -0.3 is 4.74 Å². The van der Waals surface area contributed by atoms with Crippen LogP contribution in [0.25, 0.3) is 0 Å². The van der Waals surface area contributed by atoms with E-state index in [1.807, 2.05) is 0 Å². The lowest BCUT2D eigenvalue weighted by Gasteiger charge is -2.39. The van der Waals surface area contributed by atoms with E-state index in [0.29, 0.717) is 18.2 Å². The minimum absolute atomic E-state index is 0.0148. The fourth-order valence-electron chi connectivity index (χ4n) is 5.15. The standard InChI is InChI=1S/C17H21N3O4/c1-15-10-24-17(9-11(15)7-8-16(15,17)2)14(21)19-18-12-3-5-13(6-4-12)20(22)23/h3-6,11,18H,7-10H2,1-2H3,(H,19,21)/t11-,15+,16+,17+/m1/s1. The predicted octanol–water partition coefficient (Wildman–Crippen LogP) is 2.63. The number of anilines is 1. The van der Waals surface area contributed by atoms with E-state index in [4.69, 9.17) is 4.74 Å². The number of hydrogen-bond acceptors (Lipinski definition) is 5. The molecule has 2 N–H and O–H groups in total. The number of ether oxygens (including phenoxy) is 1. The van der Waals surface area contributed by atoms with E-state index >= 15 is 0 Å². The van der Waals surface area contributed by atoms with Crippen LogP contribution >= 0.6 is 0 Å². The smallest absolute Gasteiger partial charge is 0.271 e. The zero-order chi connectivity index (χ0) is 17.2. The summed E-state index contributed by atoms with van der Waals surface area (Å²) < 4.78 is 6.04. The maximum absolute atomic E-state index is 12.9. The van der Waals surface area contributed by atoms with Gasteiger partial charge in [-0.1, -0.05) is 13.8 Å². The first-order valence-electron chi connectivity index (χ1n) is 8.27. The number of hydrazine groups is 1. The topological polar surface area (TPSA) is 93.5 Å². The Morgan fingerprint density at radius 2 is 2.04 bits per heavy atom. The maximum Gasteiger partial charge on any atom is 0.271 e. The molecule has 7 nitrogen and oxygen atoms in total. The number of carbonyl (C=O) groups excluding carboxylic acids is 1. The third kappa shape index (κ3) is 1.68. The molecule has 0 aromatic heterocycles. The van der Waals surface area contributed by atoms with Gasteiger partial charge in [0.25, 0.3) is 11.6 Å². The molecule has 1 saturated heterocycles. The lowest BCUT2D eigenvalue weighted by molar-refractivity contribution is -0.384. The van der Waals surface area contributed by atoms with Gasteiger partial charge in [0.05, 0.1) is 17.2 Å². The van der Waals surface area contributed by atoms with Crippen molar-refractivity contribution in [2.24, 2.45) is 16.7 Å². The van der Waals surface area contributed by atoms with Crippen LogP contribution in [-0.4, -0.2) is 23.0 Å². The van der Waals surface area contributed by atoms with Crippen LogP contribution < -0.4 is 10.9 Å². The fourth-order valence-corrected chi connectivity index (χ4v) is 5.15. The first-order valence-corrected chi connectivity index (χ1v) is 8.27. The molecule has 3 aliphatic rings. The lowest BCUT2D eigenvalue weighted by Crippen LogP contribution is -2.56. The molecule has 2 saturated carbocycles. The molecule has 7 heteroatoms. The molecule has 0 spiro atoms. The van der Waals surface area contributed by atoms with Gasteiger partial charge in [0.1, 0.15) is 0 Å². The Bertz CT molecular complexity index is 721. The Balaban J connectivity index is 1.49. The molecular formula is C17H21N3O4. The molecule has 1 aromatic rings. The van der Waals surface area contributed by atoms with Gasteiger partial charge in [-0.2, -0.15) is 0 Å². The monoisotopic (exact) mass is 331 g/mol. The predicted molar refractivity (Wildman–Crippen MR) is 87.1 cm³/mol. The van der Waals surface area contributed by atoms with Crippen LogP contribution in [0, 0.1) is 26.9 Å². The van der Waals surface area contributed by atoms with Crippen LogP contribution in [0.1, 0.15) is 33.1 Å².